The minimum Gasteiger partial charge on any atom is -0.378 e. The fourth-order valence-electron chi connectivity index (χ4n) is 1.81. The van der Waals surface area contributed by atoms with Crippen LogP contribution in [0.3, 0.4) is 0 Å². The summed E-state index contributed by atoms with van der Waals surface area (Å²) in [5, 5.41) is 3.11. The minimum absolute atomic E-state index is 0.464. The average molecular weight is 448 g/mol. The molecule has 0 aliphatic rings. The van der Waals surface area contributed by atoms with E-state index in [2.05, 4.69) is 72.9 Å². The number of rotatable bonds is 4. The van der Waals surface area contributed by atoms with Crippen LogP contribution in [-0.4, -0.2) is 24.1 Å². The molecule has 6 heteroatoms. The van der Waals surface area contributed by atoms with Gasteiger partial charge in [-0.3, -0.25) is 0 Å². The summed E-state index contributed by atoms with van der Waals surface area (Å²) < 4.78 is 7.19. The van der Waals surface area contributed by atoms with Crippen molar-refractivity contribution < 1.29 is 4.74 Å². The number of anilines is 1. The summed E-state index contributed by atoms with van der Waals surface area (Å²) >= 11 is 5.81. The Hall–Kier alpha value is -0.730. The molecule has 1 aromatic carbocycles. The lowest BCUT2D eigenvalue weighted by Crippen LogP contribution is -2.06. The second-order valence-corrected chi connectivity index (χ2v) is 6.26. The van der Waals surface area contributed by atoms with E-state index in [1.54, 1.807) is 7.11 Å². The van der Waals surface area contributed by atoms with Crippen LogP contribution in [0.25, 0.3) is 11.4 Å². The zero-order chi connectivity index (χ0) is 14.7. The van der Waals surface area contributed by atoms with Gasteiger partial charge in [-0.2, -0.15) is 0 Å². The minimum atomic E-state index is 0.464. The second-order valence-electron chi connectivity index (χ2n) is 4.32. The van der Waals surface area contributed by atoms with Crippen molar-refractivity contribution in [2.75, 3.05) is 19.5 Å². The van der Waals surface area contributed by atoms with Crippen molar-refractivity contribution in [3.05, 3.63) is 37.5 Å². The predicted molar refractivity (Wildman–Crippen MR) is 92.9 cm³/mol. The molecule has 4 nitrogen and oxygen atoms in total. The van der Waals surface area contributed by atoms with Crippen LogP contribution >= 0.6 is 38.5 Å². The van der Waals surface area contributed by atoms with Gasteiger partial charge in [0.1, 0.15) is 5.82 Å². The maximum absolute atomic E-state index is 5.21. The quantitative estimate of drug-likeness (QED) is 0.719. The lowest BCUT2D eigenvalue weighted by molar-refractivity contribution is 0.181. The predicted octanol–water partition coefficient (Wildman–Crippen LogP) is 4.01. The number of aryl methyl sites for hydroxylation is 1. The molecule has 0 saturated heterocycles. The Labute approximate surface area is 140 Å². The van der Waals surface area contributed by atoms with E-state index in [0.717, 1.165) is 25.1 Å². The van der Waals surface area contributed by atoms with Crippen molar-refractivity contribution in [1.82, 2.24) is 9.97 Å². The molecule has 1 aromatic heterocycles. The summed E-state index contributed by atoms with van der Waals surface area (Å²) in [6.45, 7) is 2.52. The van der Waals surface area contributed by atoms with Gasteiger partial charge in [0.2, 0.25) is 0 Å². The summed E-state index contributed by atoms with van der Waals surface area (Å²) in [6, 6.07) is 6.14. The molecule has 0 fully saturated rings. The molecule has 2 aromatic rings. The normalized spacial score (nSPS) is 10.7. The van der Waals surface area contributed by atoms with E-state index < -0.39 is 0 Å². The van der Waals surface area contributed by atoms with Crippen LogP contribution in [0.2, 0.25) is 0 Å². The standard InChI is InChI=1S/C14H15BrIN3O/c1-8-4-5-9(10(15)6-8)13-18-11(7-20-3)12(16)14(17-2)19-13/h4-6H,7H2,1-3H3,(H,17,18,19). The number of nitrogens with one attached hydrogen (secondary N) is 1. The molecule has 0 amide bonds. The molecule has 106 valence electrons. The number of methoxy groups -OCH3 is 1. The van der Waals surface area contributed by atoms with Crippen LogP contribution < -0.4 is 5.32 Å². The fourth-order valence-corrected chi connectivity index (χ4v) is 3.15. The molecule has 20 heavy (non-hydrogen) atoms. The summed E-state index contributed by atoms with van der Waals surface area (Å²) in [5.41, 5.74) is 3.05. The molecule has 0 aliphatic carbocycles. The van der Waals surface area contributed by atoms with Gasteiger partial charge in [-0.05, 0) is 47.2 Å². The Morgan fingerprint density at radius 1 is 1.35 bits per heavy atom. The molecule has 0 aliphatic heterocycles. The Bertz CT molecular complexity index is 634. The van der Waals surface area contributed by atoms with E-state index in [0.29, 0.717) is 12.4 Å². The Kier molecular flexibility index (Phi) is 5.34. The first-order valence-electron chi connectivity index (χ1n) is 6.06. The largest absolute Gasteiger partial charge is 0.378 e. The van der Waals surface area contributed by atoms with Crippen molar-refractivity contribution in [3.63, 3.8) is 0 Å². The molecule has 0 radical (unpaired) electrons. The van der Waals surface area contributed by atoms with E-state index in [1.807, 2.05) is 13.1 Å². The van der Waals surface area contributed by atoms with Gasteiger partial charge in [-0.1, -0.05) is 22.0 Å². The molecule has 1 heterocycles. The van der Waals surface area contributed by atoms with Crippen molar-refractivity contribution >= 4 is 44.3 Å². The van der Waals surface area contributed by atoms with Crippen molar-refractivity contribution in [2.45, 2.75) is 13.5 Å². The van der Waals surface area contributed by atoms with Gasteiger partial charge in [-0.25, -0.2) is 9.97 Å². The zero-order valence-electron chi connectivity index (χ0n) is 11.5. The Morgan fingerprint density at radius 2 is 2.10 bits per heavy atom. The fraction of sp³-hybridized carbons (Fsp3) is 0.286. The smallest absolute Gasteiger partial charge is 0.163 e. The Balaban J connectivity index is 2.58. The van der Waals surface area contributed by atoms with Gasteiger partial charge in [0.25, 0.3) is 0 Å². The van der Waals surface area contributed by atoms with Crippen molar-refractivity contribution in [3.8, 4) is 11.4 Å². The number of aromatic nitrogens is 2. The summed E-state index contributed by atoms with van der Waals surface area (Å²) in [4.78, 5) is 9.20. The summed E-state index contributed by atoms with van der Waals surface area (Å²) in [7, 11) is 3.52. The lowest BCUT2D eigenvalue weighted by atomic mass is 10.1. The van der Waals surface area contributed by atoms with Crippen molar-refractivity contribution in [2.24, 2.45) is 0 Å². The number of nitrogens with zero attached hydrogens (tertiary/aromatic N) is 2. The third-order valence-electron chi connectivity index (χ3n) is 2.80. The van der Waals surface area contributed by atoms with Crippen LogP contribution in [0.4, 0.5) is 5.82 Å². The highest BCUT2D eigenvalue weighted by molar-refractivity contribution is 14.1. The molecule has 1 N–H and O–H groups in total. The molecular weight excluding hydrogens is 433 g/mol. The maximum Gasteiger partial charge on any atom is 0.163 e. The molecule has 0 bridgehead atoms. The Morgan fingerprint density at radius 3 is 2.70 bits per heavy atom. The van der Waals surface area contributed by atoms with E-state index in [-0.39, 0.29) is 0 Å². The number of halogens is 2. The molecule has 0 spiro atoms. The van der Waals surface area contributed by atoms with Crippen LogP contribution in [0, 0.1) is 10.5 Å². The van der Waals surface area contributed by atoms with Gasteiger partial charge >= 0.3 is 0 Å². The van der Waals surface area contributed by atoms with Crippen molar-refractivity contribution in [1.29, 1.82) is 0 Å². The van der Waals surface area contributed by atoms with E-state index in [1.165, 1.54) is 5.56 Å². The third-order valence-corrected chi connectivity index (χ3v) is 4.59. The summed E-state index contributed by atoms with van der Waals surface area (Å²) in [5.74, 6) is 1.50. The monoisotopic (exact) mass is 447 g/mol. The first-order chi connectivity index (χ1) is 9.56. The van der Waals surface area contributed by atoms with Gasteiger partial charge in [-0.15, -0.1) is 0 Å². The first kappa shape index (κ1) is 15.7. The van der Waals surface area contributed by atoms with Gasteiger partial charge in [0.05, 0.1) is 15.9 Å². The van der Waals surface area contributed by atoms with E-state index in [9.17, 15) is 0 Å². The SMILES string of the molecule is CNc1nc(-c2ccc(C)cc2Br)nc(COC)c1I. The number of benzene rings is 1. The third kappa shape index (κ3) is 3.29. The van der Waals surface area contributed by atoms with Crippen LogP contribution in [0.5, 0.6) is 0 Å². The number of ether oxygens (including phenoxy) is 1. The van der Waals surface area contributed by atoms with Crippen LogP contribution in [-0.2, 0) is 11.3 Å². The average Bonchev–Trinajstić information content (AvgIpc) is 2.41. The summed E-state index contributed by atoms with van der Waals surface area (Å²) in [6.07, 6.45) is 0. The molecule has 2 rings (SSSR count). The molecule has 0 atom stereocenters. The number of hydrogen-bond acceptors (Lipinski definition) is 4. The highest BCUT2D eigenvalue weighted by Crippen LogP contribution is 2.29. The van der Waals surface area contributed by atoms with Crippen LogP contribution in [0.15, 0.2) is 22.7 Å². The zero-order valence-corrected chi connectivity index (χ0v) is 15.2. The first-order valence-corrected chi connectivity index (χ1v) is 7.93. The van der Waals surface area contributed by atoms with Gasteiger partial charge < -0.3 is 10.1 Å². The van der Waals surface area contributed by atoms with Gasteiger partial charge in [0, 0.05) is 24.2 Å². The van der Waals surface area contributed by atoms with Crippen LogP contribution in [0.1, 0.15) is 11.3 Å². The molecule has 0 saturated carbocycles. The topological polar surface area (TPSA) is 47.0 Å². The highest BCUT2D eigenvalue weighted by atomic mass is 127. The van der Waals surface area contributed by atoms with Gasteiger partial charge in [0.15, 0.2) is 5.82 Å². The molecular formula is C14H15BrIN3O. The van der Waals surface area contributed by atoms with E-state index in [4.69, 9.17) is 4.74 Å². The number of hydrogen-bond donors (Lipinski definition) is 1. The molecule has 0 unspecified atom stereocenters. The second kappa shape index (κ2) is 6.82. The van der Waals surface area contributed by atoms with E-state index >= 15 is 0 Å². The lowest BCUT2D eigenvalue weighted by Gasteiger charge is -2.12. The maximum atomic E-state index is 5.21. The highest BCUT2D eigenvalue weighted by Gasteiger charge is 2.14.